The minimum absolute atomic E-state index is 0.129. The predicted molar refractivity (Wildman–Crippen MR) is 89.9 cm³/mol. The normalized spacial score (nSPS) is 46.4. The predicted octanol–water partition coefficient (Wildman–Crippen LogP) is 4.39. The maximum atomic E-state index is 12.6. The third-order valence-electron chi connectivity index (χ3n) is 7.29. The van der Waals surface area contributed by atoms with Gasteiger partial charge < -0.3 is 5.11 Å². The number of rotatable bonds is 2. The second kappa shape index (κ2) is 5.06. The van der Waals surface area contributed by atoms with Crippen LogP contribution in [0.2, 0.25) is 0 Å². The SMILES string of the molecule is C=C[C@]1(C)C[C@@H]2CC[C@H]3[C@@](C)(CCC[C@]3(C)C(=O)O)C2=CC1=O. The van der Waals surface area contributed by atoms with E-state index in [0.29, 0.717) is 5.92 Å². The average molecular weight is 316 g/mol. The van der Waals surface area contributed by atoms with Gasteiger partial charge in [0.1, 0.15) is 0 Å². The molecule has 1 N–H and O–H groups in total. The Morgan fingerprint density at radius 2 is 2.00 bits per heavy atom. The van der Waals surface area contributed by atoms with Crippen molar-refractivity contribution in [3.63, 3.8) is 0 Å². The summed E-state index contributed by atoms with van der Waals surface area (Å²) in [6.45, 7) is 9.96. The molecule has 0 unspecified atom stereocenters. The van der Waals surface area contributed by atoms with Crippen LogP contribution in [0.1, 0.15) is 59.3 Å². The lowest BCUT2D eigenvalue weighted by Gasteiger charge is -2.57. The molecule has 2 saturated carbocycles. The van der Waals surface area contributed by atoms with Crippen molar-refractivity contribution in [2.75, 3.05) is 0 Å². The Hall–Kier alpha value is -1.38. The topological polar surface area (TPSA) is 54.4 Å². The van der Waals surface area contributed by atoms with Crippen LogP contribution >= 0.6 is 0 Å². The van der Waals surface area contributed by atoms with Gasteiger partial charge in [-0.3, -0.25) is 9.59 Å². The van der Waals surface area contributed by atoms with E-state index in [9.17, 15) is 14.7 Å². The van der Waals surface area contributed by atoms with Crippen LogP contribution in [0.15, 0.2) is 24.3 Å². The van der Waals surface area contributed by atoms with Crippen molar-refractivity contribution in [3.8, 4) is 0 Å². The van der Waals surface area contributed by atoms with Crippen molar-refractivity contribution in [1.82, 2.24) is 0 Å². The first-order valence-electron chi connectivity index (χ1n) is 8.81. The van der Waals surface area contributed by atoms with E-state index in [0.717, 1.165) is 38.5 Å². The summed E-state index contributed by atoms with van der Waals surface area (Å²) in [6, 6.07) is 0. The van der Waals surface area contributed by atoms with Gasteiger partial charge in [-0.2, -0.15) is 0 Å². The third kappa shape index (κ3) is 2.15. The molecule has 0 aromatic rings. The lowest BCUT2D eigenvalue weighted by Crippen LogP contribution is -2.53. The van der Waals surface area contributed by atoms with Crippen LogP contribution in [0.4, 0.5) is 0 Å². The number of hydrogen-bond donors (Lipinski definition) is 1. The Kier molecular flexibility index (Phi) is 3.62. The molecular weight excluding hydrogens is 288 g/mol. The molecule has 3 aliphatic rings. The van der Waals surface area contributed by atoms with E-state index in [1.807, 2.05) is 19.9 Å². The van der Waals surface area contributed by atoms with E-state index < -0.39 is 16.8 Å². The molecule has 3 aliphatic carbocycles. The standard InChI is InChI=1S/C20H28O3/c1-5-18(2)12-13-7-8-15-19(3,14(13)11-16(18)21)9-6-10-20(15,4)17(22)23/h5,11,13,15H,1,6-10,12H2,2-4H3,(H,22,23)/t13-,15-,18+,19-,20-/m0/s1. The maximum absolute atomic E-state index is 12.6. The van der Waals surface area contributed by atoms with Gasteiger partial charge in [-0.05, 0) is 69.3 Å². The number of fused-ring (bicyclic) bond motifs is 3. The van der Waals surface area contributed by atoms with Crippen molar-refractivity contribution in [1.29, 1.82) is 0 Å². The van der Waals surface area contributed by atoms with Crippen LogP contribution in [0.3, 0.4) is 0 Å². The zero-order chi connectivity index (χ0) is 17.0. The fourth-order valence-electron chi connectivity index (χ4n) is 5.70. The molecule has 0 aromatic carbocycles. The Morgan fingerprint density at radius 1 is 1.30 bits per heavy atom. The van der Waals surface area contributed by atoms with E-state index in [4.69, 9.17) is 0 Å². The number of hydrogen-bond acceptors (Lipinski definition) is 2. The molecule has 0 aliphatic heterocycles. The highest BCUT2D eigenvalue weighted by molar-refractivity contribution is 5.97. The molecule has 2 fully saturated rings. The van der Waals surface area contributed by atoms with Crippen molar-refractivity contribution < 1.29 is 14.7 Å². The molecule has 0 heterocycles. The van der Waals surface area contributed by atoms with Gasteiger partial charge in [-0.15, -0.1) is 6.58 Å². The second-order valence-corrected chi connectivity index (χ2v) is 8.61. The van der Waals surface area contributed by atoms with Crippen LogP contribution in [0.25, 0.3) is 0 Å². The van der Waals surface area contributed by atoms with Crippen molar-refractivity contribution in [3.05, 3.63) is 24.3 Å². The van der Waals surface area contributed by atoms with E-state index in [2.05, 4.69) is 13.5 Å². The highest BCUT2D eigenvalue weighted by Crippen LogP contribution is 2.63. The first kappa shape index (κ1) is 16.5. The van der Waals surface area contributed by atoms with Crippen molar-refractivity contribution in [2.24, 2.45) is 28.1 Å². The van der Waals surface area contributed by atoms with Crippen molar-refractivity contribution in [2.45, 2.75) is 59.3 Å². The van der Waals surface area contributed by atoms with Gasteiger partial charge in [0, 0.05) is 5.41 Å². The molecule has 3 heteroatoms. The number of carboxylic acids is 1. The summed E-state index contributed by atoms with van der Waals surface area (Å²) in [5.74, 6) is -0.00787. The van der Waals surface area contributed by atoms with Crippen LogP contribution < -0.4 is 0 Å². The van der Waals surface area contributed by atoms with E-state index in [1.165, 1.54) is 5.57 Å². The zero-order valence-corrected chi connectivity index (χ0v) is 14.5. The third-order valence-corrected chi connectivity index (χ3v) is 7.29. The van der Waals surface area contributed by atoms with E-state index in [1.54, 1.807) is 6.08 Å². The minimum atomic E-state index is -0.675. The molecule has 23 heavy (non-hydrogen) atoms. The minimum Gasteiger partial charge on any atom is -0.481 e. The monoisotopic (exact) mass is 316 g/mol. The first-order chi connectivity index (χ1) is 10.7. The highest BCUT2D eigenvalue weighted by Gasteiger charge is 2.58. The van der Waals surface area contributed by atoms with Crippen molar-refractivity contribution >= 4 is 11.8 Å². The van der Waals surface area contributed by atoms with E-state index in [-0.39, 0.29) is 17.1 Å². The Labute approximate surface area is 138 Å². The average Bonchev–Trinajstić information content (AvgIpc) is 2.49. The van der Waals surface area contributed by atoms with Gasteiger partial charge in [0.25, 0.3) is 0 Å². The highest BCUT2D eigenvalue weighted by atomic mass is 16.4. The molecule has 3 nitrogen and oxygen atoms in total. The number of aliphatic carboxylic acids is 1. The fraction of sp³-hybridized carbons (Fsp3) is 0.700. The Balaban J connectivity index is 2.06. The van der Waals surface area contributed by atoms with Gasteiger partial charge in [-0.25, -0.2) is 0 Å². The van der Waals surface area contributed by atoms with Gasteiger partial charge in [0.2, 0.25) is 0 Å². The molecule has 0 bridgehead atoms. The maximum Gasteiger partial charge on any atom is 0.309 e. The van der Waals surface area contributed by atoms with Gasteiger partial charge in [0.05, 0.1) is 5.41 Å². The quantitative estimate of drug-likeness (QED) is 0.769. The zero-order valence-electron chi connectivity index (χ0n) is 14.5. The lowest BCUT2D eigenvalue weighted by atomic mass is 9.46. The summed E-state index contributed by atoms with van der Waals surface area (Å²) in [5, 5.41) is 9.82. The number of carbonyl (C=O) groups is 2. The van der Waals surface area contributed by atoms with Crippen LogP contribution in [-0.4, -0.2) is 16.9 Å². The molecule has 0 amide bonds. The first-order valence-corrected chi connectivity index (χ1v) is 8.81. The number of carboxylic acid groups (broad SMARTS) is 1. The van der Waals surface area contributed by atoms with E-state index >= 15 is 0 Å². The van der Waals surface area contributed by atoms with Gasteiger partial charge >= 0.3 is 5.97 Å². The number of carbonyl (C=O) groups excluding carboxylic acids is 1. The summed E-state index contributed by atoms with van der Waals surface area (Å²) >= 11 is 0. The summed E-state index contributed by atoms with van der Waals surface area (Å²) in [4.78, 5) is 24.6. The summed E-state index contributed by atoms with van der Waals surface area (Å²) in [5.41, 5.74) is -0.0411. The lowest BCUT2D eigenvalue weighted by molar-refractivity contribution is -0.160. The largest absolute Gasteiger partial charge is 0.481 e. The molecule has 0 spiro atoms. The molecule has 126 valence electrons. The molecule has 0 radical (unpaired) electrons. The van der Waals surface area contributed by atoms with Crippen LogP contribution in [0, 0.1) is 28.1 Å². The summed E-state index contributed by atoms with van der Waals surface area (Å²) in [7, 11) is 0. The molecular formula is C20H28O3. The second-order valence-electron chi connectivity index (χ2n) is 8.61. The molecule has 5 atom stereocenters. The van der Waals surface area contributed by atoms with Gasteiger partial charge in [-0.1, -0.05) is 25.0 Å². The molecule has 3 rings (SSSR count). The Bertz CT molecular complexity index is 604. The van der Waals surface area contributed by atoms with Crippen LogP contribution in [-0.2, 0) is 9.59 Å². The fourth-order valence-corrected chi connectivity index (χ4v) is 5.70. The molecule has 0 saturated heterocycles. The smallest absolute Gasteiger partial charge is 0.309 e. The number of ketones is 1. The Morgan fingerprint density at radius 3 is 2.61 bits per heavy atom. The summed E-state index contributed by atoms with van der Waals surface area (Å²) < 4.78 is 0. The van der Waals surface area contributed by atoms with Gasteiger partial charge in [0.15, 0.2) is 5.78 Å². The summed E-state index contributed by atoms with van der Waals surface area (Å²) in [6.07, 6.45) is 9.09. The number of allylic oxidation sites excluding steroid dienone is 3. The molecule has 0 aromatic heterocycles. The van der Waals surface area contributed by atoms with Crippen LogP contribution in [0.5, 0.6) is 0 Å².